The maximum absolute atomic E-state index is 13.1. The van der Waals surface area contributed by atoms with E-state index in [1.165, 1.54) is 26.2 Å². The first kappa shape index (κ1) is 42.1. The molecular formula is C43H48N4O12Si. The highest BCUT2D eigenvalue weighted by Crippen LogP contribution is 2.49. The molecule has 0 saturated carbocycles. The van der Waals surface area contributed by atoms with Crippen LogP contribution in [-0.4, -0.2) is 93.6 Å². The molecule has 0 aliphatic carbocycles. The van der Waals surface area contributed by atoms with Crippen LogP contribution in [0.5, 0.6) is 0 Å². The summed E-state index contributed by atoms with van der Waals surface area (Å²) in [5.41, 5.74) is 5.24. The Morgan fingerprint density at radius 1 is 0.767 bits per heavy atom. The third-order valence-electron chi connectivity index (χ3n) is 11.3. The number of nitrogens with zero attached hydrogens (tertiary/aromatic N) is 4. The molecule has 2 aromatic heterocycles. The van der Waals surface area contributed by atoms with Gasteiger partial charge in [0.1, 0.15) is 24.6 Å². The summed E-state index contributed by atoms with van der Waals surface area (Å²) in [5.74, 6) is -3.43. The Kier molecular flexibility index (Phi) is 11.1. The molecule has 0 bridgehead atoms. The van der Waals surface area contributed by atoms with Crippen molar-refractivity contribution in [2.75, 3.05) is 13.2 Å². The van der Waals surface area contributed by atoms with Crippen molar-refractivity contribution in [2.45, 2.75) is 70.6 Å². The summed E-state index contributed by atoms with van der Waals surface area (Å²) in [6.07, 6.45) is 2.79. The molecule has 17 heteroatoms. The zero-order chi connectivity index (χ0) is 43.5. The normalized spacial score (nSPS) is 21.9. The molecule has 0 unspecified atom stereocenters. The summed E-state index contributed by atoms with van der Waals surface area (Å²) in [6.45, 7) is 16.9. The molecule has 4 aliphatic heterocycles. The summed E-state index contributed by atoms with van der Waals surface area (Å²) in [7, 11) is 1.40. The number of benzene rings is 2. The number of β-lactam (4-membered cyclic amide) rings is 2. The minimum Gasteiger partial charge on any atom is -0.457 e. The number of fused-ring (bicyclic) bond motifs is 4. The van der Waals surface area contributed by atoms with Gasteiger partial charge in [-0.25, -0.2) is 19.2 Å². The monoisotopic (exact) mass is 840 g/mol. The molecule has 2 saturated heterocycles. The number of aliphatic hydroxyl groups is 1. The van der Waals surface area contributed by atoms with E-state index in [1.807, 2.05) is 13.0 Å². The maximum Gasteiger partial charge on any atom is 0.419 e. The number of aryl methyl sites for hydroxylation is 2. The quantitative estimate of drug-likeness (QED) is 0.0926. The van der Waals surface area contributed by atoms with Crippen molar-refractivity contribution >= 4 is 65.4 Å². The number of carbonyl (C=O) groups excluding carboxylic acids is 4. The zero-order valence-electron chi connectivity index (χ0n) is 34.6. The minimum atomic E-state index is -1.84. The summed E-state index contributed by atoms with van der Waals surface area (Å²) >= 11 is 0. The molecule has 6 atom stereocenters. The number of aliphatic hydroxyl groups excluding tert-OH is 1. The molecule has 316 valence electrons. The van der Waals surface area contributed by atoms with Gasteiger partial charge in [0, 0.05) is 14.1 Å². The molecular weight excluding hydrogens is 793 g/mol. The van der Waals surface area contributed by atoms with Gasteiger partial charge < -0.3 is 37.6 Å². The van der Waals surface area contributed by atoms with Gasteiger partial charge >= 0.3 is 23.5 Å². The van der Waals surface area contributed by atoms with E-state index in [2.05, 4.69) is 32.8 Å². The van der Waals surface area contributed by atoms with Gasteiger partial charge in [0.2, 0.25) is 11.8 Å². The molecule has 2 aromatic carbocycles. The molecule has 1 N–H and O–H groups in total. The van der Waals surface area contributed by atoms with E-state index < -0.39 is 43.8 Å². The largest absolute Gasteiger partial charge is 0.457 e. The van der Waals surface area contributed by atoms with Crippen molar-refractivity contribution < 1.29 is 47.0 Å². The van der Waals surface area contributed by atoms with Crippen LogP contribution < -0.4 is 11.5 Å². The van der Waals surface area contributed by atoms with Gasteiger partial charge in [0.05, 0.1) is 47.2 Å². The third kappa shape index (κ3) is 7.19. The number of carbonyl (C=O) groups is 4. The second kappa shape index (κ2) is 15.9. The Labute approximate surface area is 345 Å². The molecule has 2 amide bonds. The highest BCUT2D eigenvalue weighted by molar-refractivity contribution is 6.69. The minimum absolute atomic E-state index is 0.0226. The molecule has 6 heterocycles. The Morgan fingerprint density at radius 3 is 1.58 bits per heavy atom. The van der Waals surface area contributed by atoms with E-state index in [1.54, 1.807) is 56.3 Å². The van der Waals surface area contributed by atoms with Crippen molar-refractivity contribution in [1.29, 1.82) is 0 Å². The lowest BCUT2D eigenvalue weighted by Crippen LogP contribution is -2.63. The first-order valence-electron chi connectivity index (χ1n) is 19.6. The Bertz CT molecular complexity index is 2650. The first-order chi connectivity index (χ1) is 28.4. The summed E-state index contributed by atoms with van der Waals surface area (Å²) in [4.78, 5) is 77.9. The lowest BCUT2D eigenvalue weighted by molar-refractivity contribution is -0.162. The van der Waals surface area contributed by atoms with E-state index in [0.717, 1.165) is 5.56 Å². The zero-order valence-corrected chi connectivity index (χ0v) is 35.6. The number of oxazole rings is 2. The second-order valence-corrected chi connectivity index (χ2v) is 20.8. The number of rotatable bonds is 12. The number of hydrogen-bond donors (Lipinski definition) is 1. The Hall–Kier alpha value is -6.04. The lowest BCUT2D eigenvalue weighted by Gasteiger charge is -2.47. The van der Waals surface area contributed by atoms with Crippen LogP contribution in [0.4, 0.5) is 0 Å². The summed E-state index contributed by atoms with van der Waals surface area (Å²) < 4.78 is 30.1. The van der Waals surface area contributed by atoms with Gasteiger partial charge in [-0.1, -0.05) is 37.4 Å². The summed E-state index contributed by atoms with van der Waals surface area (Å²) in [5, 5.41) is 9.94. The van der Waals surface area contributed by atoms with Crippen molar-refractivity contribution in [3.63, 3.8) is 0 Å². The van der Waals surface area contributed by atoms with Gasteiger partial charge in [-0.3, -0.25) is 18.7 Å². The van der Waals surface area contributed by atoms with Gasteiger partial charge in [0.25, 0.3) is 0 Å². The topological polar surface area (TPSA) is 193 Å². The number of hydrogen-bond acceptors (Lipinski definition) is 12. The highest BCUT2D eigenvalue weighted by atomic mass is 28.4. The molecule has 16 nitrogen and oxygen atoms in total. The van der Waals surface area contributed by atoms with Gasteiger partial charge in [-0.05, 0) is 92.9 Å². The molecule has 8 rings (SSSR count). The predicted octanol–water partition coefficient (Wildman–Crippen LogP) is 4.23. The van der Waals surface area contributed by atoms with Gasteiger partial charge in [-0.15, -0.1) is 0 Å². The smallest absolute Gasteiger partial charge is 0.419 e. The van der Waals surface area contributed by atoms with Crippen molar-refractivity contribution in [1.82, 2.24) is 18.9 Å². The Balaban J connectivity index is 0.000000183. The van der Waals surface area contributed by atoms with Crippen molar-refractivity contribution in [2.24, 2.45) is 25.9 Å². The number of esters is 2. The maximum atomic E-state index is 13.1. The van der Waals surface area contributed by atoms with Crippen LogP contribution in [0, 0.1) is 11.8 Å². The number of aromatic nitrogens is 2. The third-order valence-corrected chi connectivity index (χ3v) is 12.4. The van der Waals surface area contributed by atoms with Crippen molar-refractivity contribution in [3.05, 3.63) is 105 Å². The molecule has 4 aliphatic rings. The molecule has 60 heavy (non-hydrogen) atoms. The number of ether oxygens (including phenoxy) is 2. The van der Waals surface area contributed by atoms with E-state index in [0.29, 0.717) is 51.8 Å². The average molecular weight is 841 g/mol. The standard InChI is InChI=1S/C23H28N2O6Si.C20H20N2O6/c1-7-10-29-22(27)20-15(14-8-9-16-18(11-14)30-23(28)24(16)3)12-17-19(21(26)25(17)20)13(2)31-32(4,5)6;1-4-7-27-19(25)17-12(9-14-16(10(2)23)18(24)22(14)17)11-5-6-13-15(8-11)28-20(26)21(13)3/h7-9,11,13,17,19H,1,10,12H2,2-6H3;4-6,8,10,14,16,23H,1,7,9H2,2-3H3/t13-,17-,19-;10-,14-,16-/m11/s1. The van der Waals surface area contributed by atoms with E-state index in [4.69, 9.17) is 22.7 Å². The fourth-order valence-corrected chi connectivity index (χ4v) is 9.96. The fourth-order valence-electron chi connectivity index (χ4n) is 8.70. The van der Waals surface area contributed by atoms with Crippen LogP contribution in [0.25, 0.3) is 33.3 Å². The van der Waals surface area contributed by atoms with Crippen LogP contribution in [0.15, 0.2) is 91.5 Å². The van der Waals surface area contributed by atoms with Gasteiger partial charge in [0.15, 0.2) is 19.5 Å². The van der Waals surface area contributed by atoms with E-state index in [9.17, 15) is 33.9 Å². The molecule has 0 spiro atoms. The molecule has 0 radical (unpaired) electrons. The van der Waals surface area contributed by atoms with Crippen LogP contribution in [-0.2, 0) is 47.2 Å². The second-order valence-electron chi connectivity index (χ2n) is 16.3. The van der Waals surface area contributed by atoms with Crippen LogP contribution in [0.3, 0.4) is 0 Å². The summed E-state index contributed by atoms with van der Waals surface area (Å²) in [6, 6.07) is 10.1. The van der Waals surface area contributed by atoms with Crippen LogP contribution in [0.2, 0.25) is 19.6 Å². The first-order valence-corrected chi connectivity index (χ1v) is 23.0. The van der Waals surface area contributed by atoms with Crippen LogP contribution >= 0.6 is 0 Å². The number of amides is 2. The Morgan fingerprint density at radius 2 is 1.18 bits per heavy atom. The lowest BCUT2D eigenvalue weighted by atomic mass is 9.82. The molecule has 4 aromatic rings. The van der Waals surface area contributed by atoms with E-state index >= 15 is 0 Å². The van der Waals surface area contributed by atoms with Crippen LogP contribution in [0.1, 0.15) is 37.8 Å². The highest BCUT2D eigenvalue weighted by Gasteiger charge is 2.58. The predicted molar refractivity (Wildman–Crippen MR) is 222 cm³/mol. The van der Waals surface area contributed by atoms with Crippen molar-refractivity contribution in [3.8, 4) is 0 Å². The average Bonchev–Trinajstić information content (AvgIpc) is 3.88. The fraction of sp³-hybridized carbons (Fsp3) is 0.395. The molecule has 2 fully saturated rings. The van der Waals surface area contributed by atoms with E-state index in [-0.39, 0.29) is 60.5 Å². The SMILES string of the molecule is C=CCOC(=O)C1=C(c2ccc3c(c2)oc(=O)n3C)C[C@@H]2[C@@H]([C@@H](C)O)C(=O)N12.C=CCOC(=O)C1=C(c2ccc3c(c2)oc(=O)n3C)C[C@@H]2[C@@H]([C@@H](C)O[Si](C)(C)C)C(=O)N12. The van der Waals surface area contributed by atoms with Gasteiger partial charge in [-0.2, -0.15) is 0 Å².